The molecule has 292 valence electrons. The minimum atomic E-state index is -2.03. The number of hydrogen-bond acceptors (Lipinski definition) is 8. The van der Waals surface area contributed by atoms with Crippen molar-refractivity contribution in [3.8, 4) is 23.0 Å². The van der Waals surface area contributed by atoms with E-state index >= 15 is 0 Å². The zero-order valence-corrected chi connectivity index (χ0v) is 34.8. The van der Waals surface area contributed by atoms with Crippen LogP contribution in [0.15, 0.2) is 72.9 Å². The van der Waals surface area contributed by atoms with Gasteiger partial charge >= 0.3 is 6.09 Å². The molecule has 10 nitrogen and oxygen atoms in total. The van der Waals surface area contributed by atoms with Crippen LogP contribution in [0.4, 0.5) is 22.0 Å². The second kappa shape index (κ2) is 18.2. The number of morpholine rings is 1. The van der Waals surface area contributed by atoms with E-state index in [0.29, 0.717) is 70.6 Å². The van der Waals surface area contributed by atoms with Crippen LogP contribution in [0, 0.1) is 11.5 Å². The van der Waals surface area contributed by atoms with Crippen molar-refractivity contribution in [2.45, 2.75) is 84.5 Å². The lowest BCUT2D eigenvalue weighted by Crippen LogP contribution is -2.43. The second-order valence-electron chi connectivity index (χ2n) is 16.0. The summed E-state index contributed by atoms with van der Waals surface area (Å²) in [7, 11) is -2.03. The molecule has 11 heteroatoms. The van der Waals surface area contributed by atoms with Gasteiger partial charge in [-0.2, -0.15) is 0 Å². The van der Waals surface area contributed by atoms with E-state index in [1.165, 1.54) is 0 Å². The quantitative estimate of drug-likeness (QED) is 0.0966. The molecule has 5 rings (SSSR count). The van der Waals surface area contributed by atoms with Crippen LogP contribution < -0.4 is 20.7 Å². The number of ether oxygens (including phenoxy) is 3. The predicted molar refractivity (Wildman–Crippen MR) is 225 cm³/mol. The maximum atomic E-state index is 13.6. The fourth-order valence-corrected chi connectivity index (χ4v) is 12.7. The number of carbonyl (C=O) groups is 2. The number of aromatic nitrogens is 1. The summed E-state index contributed by atoms with van der Waals surface area (Å²) in [6.45, 7) is 23.7. The first-order valence-electron chi connectivity index (χ1n) is 19.3. The summed E-state index contributed by atoms with van der Waals surface area (Å²) < 4.78 is 17.4. The number of rotatable bonds is 12. The summed E-state index contributed by atoms with van der Waals surface area (Å²) in [6.07, 6.45) is 1.15. The first-order valence-corrected chi connectivity index (χ1v) is 21.6. The average molecular weight is 764 g/mol. The van der Waals surface area contributed by atoms with Gasteiger partial charge in [0.1, 0.15) is 31.0 Å². The molecule has 2 amide bonds. The summed E-state index contributed by atoms with van der Waals surface area (Å²) in [5.74, 6) is 5.11. The van der Waals surface area contributed by atoms with E-state index in [1.807, 2.05) is 75.4 Å². The SMILES string of the molecule is CC(C)[Si](C#Cc1cc(Nc2cc(Oc3ccc(NC(=O)OC(C)(C)C)c4ccccc34)ccn2)cc(C(=O)NCCN2CCOCC2)c1)(C(C)C)C(C)C. The molecule has 0 bridgehead atoms. The number of carbonyl (C=O) groups excluding carboxylic acids is 2. The third-order valence-corrected chi connectivity index (χ3v) is 16.3. The normalized spacial score (nSPS) is 13.7. The second-order valence-corrected chi connectivity index (χ2v) is 21.6. The van der Waals surface area contributed by atoms with E-state index in [-0.39, 0.29) is 5.91 Å². The highest BCUT2D eigenvalue weighted by molar-refractivity contribution is 6.90. The number of hydrogen-bond donors (Lipinski definition) is 3. The number of pyridine rings is 1. The molecule has 3 N–H and O–H groups in total. The van der Waals surface area contributed by atoms with Crippen LogP contribution in [-0.4, -0.2) is 75.0 Å². The molecule has 1 fully saturated rings. The monoisotopic (exact) mass is 763 g/mol. The third-order valence-electron chi connectivity index (χ3n) is 10.1. The van der Waals surface area contributed by atoms with Crippen molar-refractivity contribution in [1.29, 1.82) is 0 Å². The highest BCUT2D eigenvalue weighted by atomic mass is 28.3. The van der Waals surface area contributed by atoms with Gasteiger partial charge in [0.15, 0.2) is 0 Å². The number of anilines is 3. The molecule has 0 radical (unpaired) electrons. The lowest BCUT2D eigenvalue weighted by molar-refractivity contribution is 0.0383. The summed E-state index contributed by atoms with van der Waals surface area (Å²) in [6, 6.07) is 20.7. The molecule has 1 saturated heterocycles. The van der Waals surface area contributed by atoms with Crippen molar-refractivity contribution in [3.63, 3.8) is 0 Å². The first-order chi connectivity index (χ1) is 26.1. The molecule has 4 aromatic rings. The zero-order valence-electron chi connectivity index (χ0n) is 33.8. The Bertz CT molecular complexity index is 2000. The lowest BCUT2D eigenvalue weighted by Gasteiger charge is -2.38. The molecule has 0 atom stereocenters. The Morgan fingerprint density at radius 2 is 1.60 bits per heavy atom. The molecule has 1 aromatic heterocycles. The summed E-state index contributed by atoms with van der Waals surface area (Å²) in [5.41, 5.74) is 7.25. The standard InChI is InChI=1S/C44H57N5O5Si/c1-30(2)55(31(3)4,32(5)6)25-17-33-26-34(42(50)46-19-20-49-21-23-52-24-22-49)28-35(27-33)47-41-29-36(16-18-45-41)53-40-15-14-39(37-12-10-11-13-38(37)40)48-43(51)54-44(7,8)9/h10-16,18,26-32H,19-24H2,1-9H3,(H,45,47)(H,46,50)(H,48,51). The number of nitrogens with one attached hydrogen (secondary N) is 3. The van der Waals surface area contributed by atoms with Gasteiger partial charge in [-0.15, -0.1) is 5.54 Å². The largest absolute Gasteiger partial charge is 0.457 e. The van der Waals surface area contributed by atoms with Crippen LogP contribution >= 0.6 is 0 Å². The van der Waals surface area contributed by atoms with Crippen LogP contribution in [0.5, 0.6) is 11.5 Å². The Morgan fingerprint density at radius 1 is 0.909 bits per heavy atom. The van der Waals surface area contributed by atoms with Crippen molar-refractivity contribution in [2.75, 3.05) is 50.0 Å². The van der Waals surface area contributed by atoms with Gasteiger partial charge < -0.3 is 24.8 Å². The molecule has 2 heterocycles. The first kappa shape index (κ1) is 41.3. The molecular formula is C44H57N5O5Si. The Morgan fingerprint density at radius 3 is 2.27 bits per heavy atom. The topological polar surface area (TPSA) is 114 Å². The van der Waals surface area contributed by atoms with E-state index in [4.69, 9.17) is 14.2 Å². The average Bonchev–Trinajstić information content (AvgIpc) is 3.12. The van der Waals surface area contributed by atoms with Crippen molar-refractivity contribution < 1.29 is 23.8 Å². The summed E-state index contributed by atoms with van der Waals surface area (Å²) in [4.78, 5) is 33.0. The van der Waals surface area contributed by atoms with E-state index in [2.05, 4.69) is 78.8 Å². The zero-order chi connectivity index (χ0) is 39.8. The maximum Gasteiger partial charge on any atom is 0.412 e. The van der Waals surface area contributed by atoms with Gasteiger partial charge in [0.2, 0.25) is 0 Å². The Labute approximate surface area is 327 Å². The molecule has 0 unspecified atom stereocenters. The number of nitrogens with zero attached hydrogens (tertiary/aromatic N) is 2. The summed E-state index contributed by atoms with van der Waals surface area (Å²) >= 11 is 0. The smallest absolute Gasteiger partial charge is 0.412 e. The highest BCUT2D eigenvalue weighted by Crippen LogP contribution is 2.41. The van der Waals surface area contributed by atoms with Crippen molar-refractivity contribution in [2.24, 2.45) is 0 Å². The molecular weight excluding hydrogens is 707 g/mol. The fourth-order valence-electron chi connectivity index (χ4n) is 7.47. The molecule has 1 aliphatic rings. The molecule has 0 aliphatic carbocycles. The molecule has 0 saturated carbocycles. The van der Waals surface area contributed by atoms with Crippen molar-refractivity contribution in [3.05, 3.63) is 84.1 Å². The fraction of sp³-hybridized carbons (Fsp3) is 0.432. The number of fused-ring (bicyclic) bond motifs is 1. The van der Waals surface area contributed by atoms with Gasteiger partial charge in [-0.25, -0.2) is 9.78 Å². The van der Waals surface area contributed by atoms with E-state index in [0.717, 1.165) is 36.0 Å². The molecule has 55 heavy (non-hydrogen) atoms. The minimum absolute atomic E-state index is 0.151. The van der Waals surface area contributed by atoms with Crippen LogP contribution in [0.1, 0.15) is 78.2 Å². The Hall–Kier alpha value is -4.89. The molecule has 0 spiro atoms. The van der Waals surface area contributed by atoms with Crippen LogP contribution in [-0.2, 0) is 9.47 Å². The predicted octanol–water partition coefficient (Wildman–Crippen LogP) is 9.75. The van der Waals surface area contributed by atoms with Crippen molar-refractivity contribution in [1.82, 2.24) is 15.2 Å². The van der Waals surface area contributed by atoms with E-state index < -0.39 is 19.8 Å². The minimum Gasteiger partial charge on any atom is -0.457 e. The Kier molecular flexibility index (Phi) is 13.6. The highest BCUT2D eigenvalue weighted by Gasteiger charge is 2.41. The van der Waals surface area contributed by atoms with E-state index in [9.17, 15) is 9.59 Å². The summed E-state index contributed by atoms with van der Waals surface area (Å²) in [5, 5.41) is 11.0. The van der Waals surface area contributed by atoms with Gasteiger partial charge in [-0.1, -0.05) is 71.7 Å². The van der Waals surface area contributed by atoms with Gasteiger partial charge in [-0.05, 0) is 73.8 Å². The van der Waals surface area contributed by atoms with Crippen LogP contribution in [0.2, 0.25) is 16.6 Å². The van der Waals surface area contributed by atoms with Gasteiger partial charge in [0.05, 0.1) is 18.9 Å². The van der Waals surface area contributed by atoms with Gasteiger partial charge in [0.25, 0.3) is 5.91 Å². The lowest BCUT2D eigenvalue weighted by atomic mass is 10.1. The van der Waals surface area contributed by atoms with Gasteiger partial charge in [0, 0.05) is 66.0 Å². The maximum absolute atomic E-state index is 13.6. The van der Waals surface area contributed by atoms with Gasteiger partial charge in [-0.3, -0.25) is 15.0 Å². The number of benzene rings is 3. The van der Waals surface area contributed by atoms with Crippen LogP contribution in [0.25, 0.3) is 10.8 Å². The molecule has 1 aliphatic heterocycles. The third kappa shape index (κ3) is 10.9. The van der Waals surface area contributed by atoms with E-state index in [1.54, 1.807) is 18.3 Å². The Balaban J connectivity index is 1.41. The van der Waals surface area contributed by atoms with Crippen molar-refractivity contribution >= 4 is 48.0 Å². The van der Waals surface area contributed by atoms with Crippen LogP contribution in [0.3, 0.4) is 0 Å². The number of amides is 2. The molecule has 3 aromatic carbocycles.